The first kappa shape index (κ1) is 34.3. The van der Waals surface area contributed by atoms with Crippen LogP contribution in [0.3, 0.4) is 0 Å². The van der Waals surface area contributed by atoms with Crippen molar-refractivity contribution < 1.29 is 28.6 Å². The molecule has 10 nitrogen and oxygen atoms in total. The lowest BCUT2D eigenvalue weighted by Crippen LogP contribution is -2.50. The summed E-state index contributed by atoms with van der Waals surface area (Å²) in [7, 11) is 1.47. The van der Waals surface area contributed by atoms with Crippen LogP contribution in [0.2, 0.25) is 0 Å². The summed E-state index contributed by atoms with van der Waals surface area (Å²) in [6, 6.07) is 14.9. The molecular formula is C37H48N4O6. The van der Waals surface area contributed by atoms with Crippen LogP contribution in [0.15, 0.2) is 48.5 Å². The number of methoxy groups -OCH3 is 1. The Balaban J connectivity index is 1.39. The summed E-state index contributed by atoms with van der Waals surface area (Å²) in [5.41, 5.74) is 1.42. The average molecular weight is 645 g/mol. The number of hydrogen-bond acceptors (Lipinski definition) is 8. The zero-order valence-corrected chi connectivity index (χ0v) is 28.6. The van der Waals surface area contributed by atoms with E-state index in [-0.39, 0.29) is 28.3 Å². The summed E-state index contributed by atoms with van der Waals surface area (Å²) in [5.74, 6) is -0.771. The lowest BCUT2D eigenvalue weighted by Gasteiger charge is -2.37. The molecule has 2 amide bonds. The lowest BCUT2D eigenvalue weighted by atomic mass is 9.85. The van der Waals surface area contributed by atoms with Crippen LogP contribution < -0.4 is 14.8 Å². The summed E-state index contributed by atoms with van der Waals surface area (Å²) < 4.78 is 17.3. The Labute approximate surface area is 277 Å². The van der Waals surface area contributed by atoms with E-state index in [9.17, 15) is 14.4 Å². The molecule has 10 heteroatoms. The number of carbonyl (C=O) groups is 3. The van der Waals surface area contributed by atoms with E-state index in [0.29, 0.717) is 42.4 Å². The van der Waals surface area contributed by atoms with E-state index in [2.05, 4.69) is 29.0 Å². The predicted octanol–water partition coefficient (Wildman–Crippen LogP) is 4.84. The Hall–Kier alpha value is -3.99. The van der Waals surface area contributed by atoms with Crippen LogP contribution in [0.1, 0.15) is 60.9 Å². The molecule has 0 spiro atoms. The molecule has 2 fully saturated rings. The van der Waals surface area contributed by atoms with Crippen molar-refractivity contribution >= 4 is 34.1 Å². The van der Waals surface area contributed by atoms with Gasteiger partial charge in [0, 0.05) is 62.8 Å². The van der Waals surface area contributed by atoms with Crippen LogP contribution in [0.4, 0.5) is 5.69 Å². The summed E-state index contributed by atoms with van der Waals surface area (Å²) in [5, 5.41) is 4.19. The molecule has 3 aromatic rings. The number of fused-ring (bicyclic) bond motifs is 1. The third-order valence-corrected chi connectivity index (χ3v) is 9.07. The molecule has 0 bridgehead atoms. The second-order valence-electron chi connectivity index (χ2n) is 13.5. The van der Waals surface area contributed by atoms with Gasteiger partial charge in [0.15, 0.2) is 5.75 Å². The number of amides is 2. The first-order chi connectivity index (χ1) is 22.5. The molecule has 3 aromatic carbocycles. The van der Waals surface area contributed by atoms with Crippen LogP contribution in [0.25, 0.3) is 10.8 Å². The van der Waals surface area contributed by atoms with Gasteiger partial charge < -0.3 is 24.4 Å². The molecule has 0 unspecified atom stereocenters. The first-order valence-corrected chi connectivity index (χ1v) is 16.5. The minimum Gasteiger partial charge on any atom is -0.494 e. The van der Waals surface area contributed by atoms with Gasteiger partial charge in [-0.3, -0.25) is 24.2 Å². The van der Waals surface area contributed by atoms with Crippen molar-refractivity contribution in [3.05, 3.63) is 65.2 Å². The van der Waals surface area contributed by atoms with Gasteiger partial charge in [-0.2, -0.15) is 0 Å². The molecule has 2 saturated heterocycles. The van der Waals surface area contributed by atoms with E-state index in [1.807, 2.05) is 56.0 Å². The van der Waals surface area contributed by atoms with Crippen LogP contribution in [0, 0.1) is 0 Å². The molecule has 2 aliphatic rings. The maximum absolute atomic E-state index is 13.9. The number of Topliss-reactive ketones (excluding diaryl/α,β-unsaturated/α-hetero) is 1. The monoisotopic (exact) mass is 644 g/mol. The molecule has 0 aromatic heterocycles. The maximum Gasteiger partial charge on any atom is 0.296 e. The summed E-state index contributed by atoms with van der Waals surface area (Å²) in [6.07, 6.45) is 0. The van der Waals surface area contributed by atoms with E-state index < -0.39 is 11.7 Å². The quantitative estimate of drug-likeness (QED) is 0.247. The number of carbonyl (C=O) groups excluding carboxylic acids is 3. The highest BCUT2D eigenvalue weighted by Crippen LogP contribution is 2.37. The zero-order chi connectivity index (χ0) is 33.7. The highest BCUT2D eigenvalue weighted by molar-refractivity contribution is 6.48. The standard InChI is InChI=1S/C37H48N4O6/c1-25(2)40-13-15-41(16-14-40)36(44)30-23-26(37(3,4)5)24-31(34(30)45-6)38-35(43)33(42)29-11-12-32(28-10-8-7-9-27(28)29)47-22-19-39-17-20-46-21-18-39/h7-12,23-25H,13-22H2,1-6H3,(H,38,43). The van der Waals surface area contributed by atoms with Gasteiger partial charge >= 0.3 is 0 Å². The summed E-state index contributed by atoms with van der Waals surface area (Å²) >= 11 is 0. The molecule has 0 saturated carbocycles. The van der Waals surface area contributed by atoms with Crippen molar-refractivity contribution in [3.63, 3.8) is 0 Å². The van der Waals surface area contributed by atoms with Crippen molar-refractivity contribution in [3.8, 4) is 11.5 Å². The number of anilines is 1. The number of piperazine rings is 1. The van der Waals surface area contributed by atoms with E-state index in [4.69, 9.17) is 14.2 Å². The van der Waals surface area contributed by atoms with Gasteiger partial charge in [-0.25, -0.2) is 0 Å². The van der Waals surface area contributed by atoms with Gasteiger partial charge in [-0.1, -0.05) is 45.0 Å². The number of ketones is 1. The third-order valence-electron chi connectivity index (χ3n) is 9.07. The smallest absolute Gasteiger partial charge is 0.296 e. The highest BCUT2D eigenvalue weighted by atomic mass is 16.5. The van der Waals surface area contributed by atoms with Crippen LogP contribution in [0.5, 0.6) is 11.5 Å². The van der Waals surface area contributed by atoms with E-state index in [1.54, 1.807) is 18.2 Å². The fourth-order valence-corrected chi connectivity index (χ4v) is 6.15. The van der Waals surface area contributed by atoms with E-state index in [1.165, 1.54) is 7.11 Å². The largest absolute Gasteiger partial charge is 0.494 e. The van der Waals surface area contributed by atoms with Gasteiger partial charge in [0.1, 0.15) is 12.4 Å². The van der Waals surface area contributed by atoms with Crippen LogP contribution in [-0.2, 0) is 14.9 Å². The minimum atomic E-state index is -0.815. The lowest BCUT2D eigenvalue weighted by molar-refractivity contribution is -0.112. The van der Waals surface area contributed by atoms with E-state index >= 15 is 0 Å². The zero-order valence-electron chi connectivity index (χ0n) is 28.6. The van der Waals surface area contributed by atoms with Crippen molar-refractivity contribution in [2.45, 2.75) is 46.1 Å². The van der Waals surface area contributed by atoms with Gasteiger partial charge in [0.2, 0.25) is 0 Å². The number of hydrogen-bond donors (Lipinski definition) is 1. The van der Waals surface area contributed by atoms with Gasteiger partial charge in [-0.15, -0.1) is 0 Å². The van der Waals surface area contributed by atoms with Crippen LogP contribution >= 0.6 is 0 Å². The van der Waals surface area contributed by atoms with Crippen molar-refractivity contribution in [2.24, 2.45) is 0 Å². The van der Waals surface area contributed by atoms with Crippen LogP contribution in [-0.4, -0.2) is 111 Å². The fourth-order valence-electron chi connectivity index (χ4n) is 6.15. The maximum atomic E-state index is 13.9. The number of benzene rings is 3. The summed E-state index contributed by atoms with van der Waals surface area (Å²) in [6.45, 7) is 17.7. The van der Waals surface area contributed by atoms with Crippen molar-refractivity contribution in [1.82, 2.24) is 14.7 Å². The van der Waals surface area contributed by atoms with Gasteiger partial charge in [0.25, 0.3) is 17.6 Å². The predicted molar refractivity (Wildman–Crippen MR) is 184 cm³/mol. The minimum absolute atomic E-state index is 0.159. The second-order valence-corrected chi connectivity index (χ2v) is 13.5. The molecule has 2 aliphatic heterocycles. The van der Waals surface area contributed by atoms with Gasteiger partial charge in [-0.05, 0) is 54.5 Å². The molecule has 1 N–H and O–H groups in total. The summed E-state index contributed by atoms with van der Waals surface area (Å²) in [4.78, 5) is 47.7. The average Bonchev–Trinajstić information content (AvgIpc) is 3.07. The topological polar surface area (TPSA) is 101 Å². The Morgan fingerprint density at radius 1 is 0.894 bits per heavy atom. The number of nitrogens with zero attached hydrogens (tertiary/aromatic N) is 3. The normalized spacial score (nSPS) is 16.4. The molecule has 0 atom stereocenters. The molecule has 0 radical (unpaired) electrons. The molecule has 252 valence electrons. The van der Waals surface area contributed by atoms with Gasteiger partial charge in [0.05, 0.1) is 31.6 Å². The molecule has 47 heavy (non-hydrogen) atoms. The molecule has 2 heterocycles. The molecule has 0 aliphatic carbocycles. The Morgan fingerprint density at radius 3 is 2.21 bits per heavy atom. The second kappa shape index (κ2) is 14.8. The van der Waals surface area contributed by atoms with E-state index in [0.717, 1.165) is 56.9 Å². The Kier molecular flexibility index (Phi) is 10.8. The fraction of sp³-hybridized carbons (Fsp3) is 0.486. The number of nitrogens with one attached hydrogen (secondary N) is 1. The Bertz CT molecular complexity index is 1600. The van der Waals surface area contributed by atoms with Crippen molar-refractivity contribution in [1.29, 1.82) is 0 Å². The highest BCUT2D eigenvalue weighted by Gasteiger charge is 2.30. The molecular weight excluding hydrogens is 596 g/mol. The van der Waals surface area contributed by atoms with Crippen molar-refractivity contribution in [2.75, 3.05) is 78.1 Å². The SMILES string of the molecule is COc1c(NC(=O)C(=O)c2ccc(OCCN3CCOCC3)c3ccccc23)cc(C(C)(C)C)cc1C(=O)N1CCN(C(C)C)CC1. The number of rotatable bonds is 10. The number of ether oxygens (including phenoxy) is 3. The Morgan fingerprint density at radius 2 is 1.57 bits per heavy atom. The number of morpholine rings is 1. The molecule has 5 rings (SSSR count). The first-order valence-electron chi connectivity index (χ1n) is 16.5. The third kappa shape index (κ3) is 7.94.